The van der Waals surface area contributed by atoms with E-state index in [1.807, 2.05) is 12.1 Å². The fraction of sp³-hybridized carbons (Fsp3) is 0.111. The smallest absolute Gasteiger partial charge is 0.214 e. The lowest BCUT2D eigenvalue weighted by molar-refractivity contribution is 0.267. The van der Waals surface area contributed by atoms with Crippen molar-refractivity contribution in [2.24, 2.45) is 0 Å². The van der Waals surface area contributed by atoms with Gasteiger partial charge in [0.05, 0.1) is 12.5 Å². The van der Waals surface area contributed by atoms with E-state index < -0.39 is 0 Å². The highest BCUT2D eigenvalue weighted by Gasteiger charge is 1.98. The molecule has 0 fully saturated rings. The van der Waals surface area contributed by atoms with Crippen LogP contribution in [0, 0.1) is 6.26 Å². The van der Waals surface area contributed by atoms with Crippen molar-refractivity contribution in [2.75, 3.05) is 0 Å². The number of hydrogen-bond acceptors (Lipinski definition) is 3. The van der Waals surface area contributed by atoms with Crippen molar-refractivity contribution in [3.05, 3.63) is 42.7 Å². The van der Waals surface area contributed by atoms with Gasteiger partial charge in [0, 0.05) is 6.07 Å². The largest absolute Gasteiger partial charge is 0.481 e. The van der Waals surface area contributed by atoms with Gasteiger partial charge in [0.2, 0.25) is 6.26 Å². The van der Waals surface area contributed by atoms with E-state index >= 15 is 0 Å². The fourth-order valence-corrected chi connectivity index (χ4v) is 0.843. The lowest BCUT2D eigenvalue weighted by atomic mass is 10.5. The second-order valence-electron chi connectivity index (χ2n) is 2.25. The van der Waals surface area contributed by atoms with Crippen LogP contribution in [-0.4, -0.2) is 0 Å². The Balaban J connectivity index is 1.91. The van der Waals surface area contributed by atoms with Crippen LogP contribution in [0.1, 0.15) is 5.76 Å². The molecule has 61 valence electrons. The van der Waals surface area contributed by atoms with Crippen LogP contribution in [0.2, 0.25) is 0 Å². The predicted molar refractivity (Wildman–Crippen MR) is 40.6 cm³/mol. The molecule has 3 nitrogen and oxygen atoms in total. The molecule has 0 atom stereocenters. The van der Waals surface area contributed by atoms with Crippen LogP contribution < -0.4 is 4.74 Å². The molecule has 2 aromatic heterocycles. The van der Waals surface area contributed by atoms with Crippen molar-refractivity contribution < 1.29 is 13.6 Å². The molecular weight excluding hydrogens is 156 g/mol. The first-order chi connectivity index (χ1) is 5.95. The van der Waals surface area contributed by atoms with E-state index in [4.69, 9.17) is 13.6 Å². The van der Waals surface area contributed by atoms with Crippen LogP contribution in [0.25, 0.3) is 0 Å². The van der Waals surface area contributed by atoms with E-state index in [0.29, 0.717) is 12.4 Å². The molecule has 12 heavy (non-hydrogen) atoms. The third-order valence-corrected chi connectivity index (χ3v) is 1.40. The van der Waals surface area contributed by atoms with Crippen molar-refractivity contribution in [2.45, 2.75) is 6.61 Å². The monoisotopic (exact) mass is 163 g/mol. The van der Waals surface area contributed by atoms with E-state index in [2.05, 4.69) is 6.26 Å². The molecule has 3 heteroatoms. The van der Waals surface area contributed by atoms with Crippen molar-refractivity contribution >= 4 is 0 Å². The molecule has 0 aliphatic heterocycles. The second-order valence-corrected chi connectivity index (χ2v) is 2.25. The standard InChI is InChI=1S/C9H7O3/c1-2-8(11-4-1)7-12-9-3-5-10-6-9/h1-5H,7H2. The van der Waals surface area contributed by atoms with Crippen molar-refractivity contribution in [3.63, 3.8) is 0 Å². The van der Waals surface area contributed by atoms with Gasteiger partial charge in [0.1, 0.15) is 12.4 Å². The molecule has 2 aromatic rings. The Labute approximate surface area is 69.6 Å². The minimum Gasteiger partial charge on any atom is -0.481 e. The Morgan fingerprint density at radius 2 is 2.33 bits per heavy atom. The minimum atomic E-state index is 0.406. The fourth-order valence-electron chi connectivity index (χ4n) is 0.843. The SMILES string of the molecule is [c]1occc1OCc1ccco1. The summed E-state index contributed by atoms with van der Waals surface area (Å²) in [6.45, 7) is 0.406. The van der Waals surface area contributed by atoms with Crippen LogP contribution >= 0.6 is 0 Å². The van der Waals surface area contributed by atoms with Gasteiger partial charge in [-0.25, -0.2) is 0 Å². The van der Waals surface area contributed by atoms with Crippen LogP contribution in [0.4, 0.5) is 0 Å². The van der Waals surface area contributed by atoms with Gasteiger partial charge in [0.25, 0.3) is 0 Å². The Morgan fingerprint density at radius 3 is 3.00 bits per heavy atom. The highest BCUT2D eigenvalue weighted by Crippen LogP contribution is 2.11. The normalized spacial score (nSPS) is 10.0. The first-order valence-corrected chi connectivity index (χ1v) is 3.55. The Morgan fingerprint density at radius 1 is 1.33 bits per heavy atom. The zero-order valence-corrected chi connectivity index (χ0v) is 6.32. The summed E-state index contributed by atoms with van der Waals surface area (Å²) in [6.07, 6.45) is 5.68. The van der Waals surface area contributed by atoms with Crippen molar-refractivity contribution in [1.29, 1.82) is 0 Å². The van der Waals surface area contributed by atoms with Gasteiger partial charge in [-0.3, -0.25) is 0 Å². The molecule has 0 bridgehead atoms. The third-order valence-electron chi connectivity index (χ3n) is 1.40. The summed E-state index contributed by atoms with van der Waals surface area (Å²) in [4.78, 5) is 0. The number of furan rings is 2. The predicted octanol–water partition coefficient (Wildman–Crippen LogP) is 2.25. The molecular formula is C9H7O3. The first-order valence-electron chi connectivity index (χ1n) is 3.55. The maximum absolute atomic E-state index is 5.25. The summed E-state index contributed by atoms with van der Waals surface area (Å²) < 4.78 is 15.0. The Kier molecular flexibility index (Phi) is 1.86. The van der Waals surface area contributed by atoms with Crippen LogP contribution in [0.5, 0.6) is 5.75 Å². The maximum Gasteiger partial charge on any atom is 0.214 e. The summed E-state index contributed by atoms with van der Waals surface area (Å²) in [6, 6.07) is 5.36. The topological polar surface area (TPSA) is 35.5 Å². The molecule has 0 N–H and O–H groups in total. The zero-order valence-electron chi connectivity index (χ0n) is 6.32. The van der Waals surface area contributed by atoms with E-state index in [1.54, 1.807) is 12.3 Å². The molecule has 2 heterocycles. The van der Waals surface area contributed by atoms with Gasteiger partial charge in [0.15, 0.2) is 5.75 Å². The maximum atomic E-state index is 5.25. The molecule has 2 rings (SSSR count). The second kappa shape index (κ2) is 3.17. The highest BCUT2D eigenvalue weighted by molar-refractivity contribution is 5.11. The summed E-state index contributed by atoms with van der Waals surface area (Å²) >= 11 is 0. The molecule has 0 amide bonds. The van der Waals surface area contributed by atoms with Crippen LogP contribution in [0.3, 0.4) is 0 Å². The van der Waals surface area contributed by atoms with Gasteiger partial charge >= 0.3 is 0 Å². The van der Waals surface area contributed by atoms with E-state index in [9.17, 15) is 0 Å². The zero-order chi connectivity index (χ0) is 8.23. The molecule has 0 aromatic carbocycles. The number of hydrogen-bond donors (Lipinski definition) is 0. The van der Waals surface area contributed by atoms with Crippen molar-refractivity contribution in [3.8, 4) is 5.75 Å². The highest BCUT2D eigenvalue weighted by atomic mass is 16.5. The summed E-state index contributed by atoms with van der Waals surface area (Å²) in [7, 11) is 0. The quantitative estimate of drug-likeness (QED) is 0.696. The third kappa shape index (κ3) is 1.50. The average molecular weight is 163 g/mol. The summed E-state index contributed by atoms with van der Waals surface area (Å²) in [5.74, 6) is 1.37. The minimum absolute atomic E-state index is 0.406. The molecule has 1 radical (unpaired) electrons. The molecule has 0 saturated heterocycles. The lowest BCUT2D eigenvalue weighted by Crippen LogP contribution is -1.91. The molecule has 0 saturated carbocycles. The number of rotatable bonds is 3. The summed E-state index contributed by atoms with van der Waals surface area (Å²) in [5, 5.41) is 0. The Hall–Kier alpha value is -1.64. The van der Waals surface area contributed by atoms with E-state index in [1.165, 1.54) is 6.26 Å². The van der Waals surface area contributed by atoms with Gasteiger partial charge in [-0.1, -0.05) is 0 Å². The first kappa shape index (κ1) is 7.03. The molecule has 0 aliphatic rings. The van der Waals surface area contributed by atoms with Gasteiger partial charge in [-0.05, 0) is 12.1 Å². The van der Waals surface area contributed by atoms with Gasteiger partial charge in [-0.15, -0.1) is 0 Å². The Bertz CT molecular complexity index is 273. The molecule has 0 aliphatic carbocycles. The lowest BCUT2D eigenvalue weighted by Gasteiger charge is -1.97. The van der Waals surface area contributed by atoms with E-state index in [0.717, 1.165) is 5.76 Å². The number of ether oxygens (including phenoxy) is 1. The summed E-state index contributed by atoms with van der Waals surface area (Å²) in [5.41, 5.74) is 0. The van der Waals surface area contributed by atoms with Crippen LogP contribution in [-0.2, 0) is 6.61 Å². The van der Waals surface area contributed by atoms with Gasteiger partial charge in [-0.2, -0.15) is 0 Å². The average Bonchev–Trinajstić information content (AvgIpc) is 2.74. The van der Waals surface area contributed by atoms with Crippen LogP contribution in [0.15, 0.2) is 39.6 Å². The van der Waals surface area contributed by atoms with E-state index in [-0.39, 0.29) is 0 Å². The molecule has 0 spiro atoms. The van der Waals surface area contributed by atoms with Crippen molar-refractivity contribution in [1.82, 2.24) is 0 Å². The molecule has 0 unspecified atom stereocenters. The van der Waals surface area contributed by atoms with Gasteiger partial charge < -0.3 is 13.6 Å².